The third-order valence-corrected chi connectivity index (χ3v) is 5.77. The maximum absolute atomic E-state index is 13.9. The van der Waals surface area contributed by atoms with Crippen LogP contribution in [0.5, 0.6) is 5.75 Å². The van der Waals surface area contributed by atoms with Gasteiger partial charge in [-0.25, -0.2) is 4.39 Å². The van der Waals surface area contributed by atoms with Crippen molar-refractivity contribution in [2.24, 2.45) is 0 Å². The summed E-state index contributed by atoms with van der Waals surface area (Å²) >= 11 is 0. The van der Waals surface area contributed by atoms with E-state index in [1.807, 2.05) is 18.2 Å². The third-order valence-electron chi connectivity index (χ3n) is 5.77. The maximum atomic E-state index is 13.9. The number of hydrogen-bond donors (Lipinski definition) is 0. The second-order valence-corrected chi connectivity index (χ2v) is 7.27. The summed E-state index contributed by atoms with van der Waals surface area (Å²) in [5.41, 5.74) is 1.77. The Morgan fingerprint density at radius 3 is 2.70 bits per heavy atom. The molecular formula is C21H21FN2O3. The molecule has 2 aromatic carbocycles. The molecule has 1 saturated heterocycles. The van der Waals surface area contributed by atoms with Gasteiger partial charge in [0.15, 0.2) is 0 Å². The molecule has 0 bridgehead atoms. The zero-order chi connectivity index (χ0) is 19.3. The first-order chi connectivity index (χ1) is 12.9. The van der Waals surface area contributed by atoms with E-state index in [1.54, 1.807) is 43.0 Å². The molecule has 5 nitrogen and oxygen atoms in total. The molecule has 2 amide bonds. The monoisotopic (exact) mass is 368 g/mol. The van der Waals surface area contributed by atoms with Crippen molar-refractivity contribution in [3.63, 3.8) is 0 Å². The van der Waals surface area contributed by atoms with E-state index in [1.165, 1.54) is 6.07 Å². The fraction of sp³-hybridized carbons (Fsp3) is 0.333. The lowest BCUT2D eigenvalue weighted by molar-refractivity contribution is -0.122. The first kappa shape index (κ1) is 17.5. The van der Waals surface area contributed by atoms with Gasteiger partial charge in [0.25, 0.3) is 5.91 Å². The van der Waals surface area contributed by atoms with Crippen LogP contribution >= 0.6 is 0 Å². The molecule has 1 atom stereocenters. The number of carbonyl (C=O) groups excluding carboxylic acids is 2. The van der Waals surface area contributed by atoms with Gasteiger partial charge in [-0.3, -0.25) is 9.59 Å². The summed E-state index contributed by atoms with van der Waals surface area (Å²) < 4.78 is 19.2. The fourth-order valence-electron chi connectivity index (χ4n) is 4.15. The third kappa shape index (κ3) is 2.51. The fourth-order valence-corrected chi connectivity index (χ4v) is 4.15. The number of methoxy groups -OCH3 is 1. The molecule has 0 saturated carbocycles. The van der Waals surface area contributed by atoms with Crippen LogP contribution in [0.15, 0.2) is 36.4 Å². The summed E-state index contributed by atoms with van der Waals surface area (Å²) in [6.45, 7) is 2.39. The van der Waals surface area contributed by atoms with Crippen LogP contribution < -0.4 is 9.64 Å². The van der Waals surface area contributed by atoms with Crippen molar-refractivity contribution >= 4 is 17.5 Å². The van der Waals surface area contributed by atoms with Crippen molar-refractivity contribution in [1.29, 1.82) is 0 Å². The highest BCUT2D eigenvalue weighted by molar-refractivity contribution is 6.09. The molecule has 6 heteroatoms. The molecule has 0 N–H and O–H groups in total. The van der Waals surface area contributed by atoms with E-state index < -0.39 is 11.2 Å². The molecule has 27 heavy (non-hydrogen) atoms. The number of aryl methyl sites for hydroxylation is 1. The highest BCUT2D eigenvalue weighted by atomic mass is 19.1. The van der Waals surface area contributed by atoms with Crippen LogP contribution in [0.1, 0.15) is 27.9 Å². The number of hydrogen-bond acceptors (Lipinski definition) is 3. The second-order valence-electron chi connectivity index (χ2n) is 7.27. The molecule has 140 valence electrons. The van der Waals surface area contributed by atoms with Gasteiger partial charge in [0.2, 0.25) is 5.91 Å². The van der Waals surface area contributed by atoms with Gasteiger partial charge in [0.1, 0.15) is 11.6 Å². The van der Waals surface area contributed by atoms with Crippen LogP contribution in [0.25, 0.3) is 0 Å². The second kappa shape index (κ2) is 6.08. The predicted molar refractivity (Wildman–Crippen MR) is 99.7 cm³/mol. The molecule has 2 aliphatic heterocycles. The van der Waals surface area contributed by atoms with Gasteiger partial charge in [-0.15, -0.1) is 0 Å². The minimum absolute atomic E-state index is 0.0175. The molecule has 2 aromatic rings. The Morgan fingerprint density at radius 1 is 1.22 bits per heavy atom. The Labute approximate surface area is 157 Å². The molecule has 1 spiro atoms. The van der Waals surface area contributed by atoms with E-state index >= 15 is 0 Å². The number of anilines is 1. The highest BCUT2D eigenvalue weighted by Gasteiger charge is 2.54. The van der Waals surface area contributed by atoms with Crippen molar-refractivity contribution in [2.75, 3.05) is 32.1 Å². The van der Waals surface area contributed by atoms with Gasteiger partial charge in [-0.1, -0.05) is 6.07 Å². The Kier molecular flexibility index (Phi) is 3.94. The lowest BCUT2D eigenvalue weighted by Crippen LogP contribution is -2.42. The van der Waals surface area contributed by atoms with Crippen LogP contribution in [0, 0.1) is 12.7 Å². The molecule has 1 unspecified atom stereocenters. The predicted octanol–water partition coefficient (Wildman–Crippen LogP) is 2.90. The summed E-state index contributed by atoms with van der Waals surface area (Å²) in [6, 6.07) is 10.1. The SMILES string of the molecule is COc1ccc2c(c1)C1(CCN(C(=O)c3ccc(C)c(F)c3)C1)C(=O)N2C. The number of likely N-dealkylation sites (N-methyl/N-ethyl adjacent to an activating group) is 1. The summed E-state index contributed by atoms with van der Waals surface area (Å²) in [4.78, 5) is 29.3. The Morgan fingerprint density at radius 2 is 2.00 bits per heavy atom. The van der Waals surface area contributed by atoms with Crippen LogP contribution in [0.4, 0.5) is 10.1 Å². The normalized spacial score (nSPS) is 21.1. The number of ether oxygens (including phenoxy) is 1. The van der Waals surface area contributed by atoms with Crippen LogP contribution in [0.3, 0.4) is 0 Å². The van der Waals surface area contributed by atoms with Crippen LogP contribution in [-0.2, 0) is 10.2 Å². The lowest BCUT2D eigenvalue weighted by atomic mass is 9.81. The van der Waals surface area contributed by atoms with E-state index in [0.29, 0.717) is 29.8 Å². The minimum Gasteiger partial charge on any atom is -0.497 e. The van der Waals surface area contributed by atoms with Gasteiger partial charge in [-0.2, -0.15) is 0 Å². The van der Waals surface area contributed by atoms with Crippen molar-refractivity contribution in [3.8, 4) is 5.75 Å². The number of halogens is 1. The highest BCUT2D eigenvalue weighted by Crippen LogP contribution is 2.48. The van der Waals surface area contributed by atoms with Gasteiger partial charge in [0, 0.05) is 31.4 Å². The van der Waals surface area contributed by atoms with Crippen molar-refractivity contribution in [1.82, 2.24) is 4.90 Å². The van der Waals surface area contributed by atoms with Crippen molar-refractivity contribution in [2.45, 2.75) is 18.8 Å². The summed E-state index contributed by atoms with van der Waals surface area (Å²) in [5.74, 6) is 0.0110. The number of amides is 2. The van der Waals surface area contributed by atoms with E-state index in [2.05, 4.69) is 0 Å². The maximum Gasteiger partial charge on any atom is 0.254 e. The molecule has 0 aromatic heterocycles. The van der Waals surface area contributed by atoms with Crippen LogP contribution in [0.2, 0.25) is 0 Å². The quantitative estimate of drug-likeness (QED) is 0.819. The smallest absolute Gasteiger partial charge is 0.254 e. The molecular weight excluding hydrogens is 347 g/mol. The van der Waals surface area contributed by atoms with E-state index in [-0.39, 0.29) is 18.4 Å². The van der Waals surface area contributed by atoms with Crippen molar-refractivity contribution in [3.05, 3.63) is 58.9 Å². The van der Waals surface area contributed by atoms with E-state index in [4.69, 9.17) is 4.74 Å². The Balaban J connectivity index is 1.68. The Bertz CT molecular complexity index is 958. The van der Waals surface area contributed by atoms with Gasteiger partial charge in [0.05, 0.1) is 12.5 Å². The molecule has 4 rings (SSSR count). The lowest BCUT2D eigenvalue weighted by Gasteiger charge is -2.23. The molecule has 1 fully saturated rings. The summed E-state index contributed by atoms with van der Waals surface area (Å²) in [5, 5.41) is 0. The number of rotatable bonds is 2. The number of benzene rings is 2. The summed E-state index contributed by atoms with van der Waals surface area (Å²) in [7, 11) is 3.34. The number of carbonyl (C=O) groups is 2. The number of likely N-dealkylation sites (tertiary alicyclic amines) is 1. The largest absolute Gasteiger partial charge is 0.497 e. The topological polar surface area (TPSA) is 49.9 Å². The number of nitrogens with zero attached hydrogens (tertiary/aromatic N) is 2. The standard InChI is InChI=1S/C21H21FN2O3/c1-13-4-5-14(10-17(13)22)19(25)24-9-8-21(12-24)16-11-15(27-3)6-7-18(16)23(2)20(21)26/h4-7,10-11H,8-9,12H2,1-3H3. The Hall–Kier alpha value is -2.89. The van der Waals surface area contributed by atoms with Gasteiger partial charge in [-0.05, 0) is 54.8 Å². The molecule has 0 aliphatic carbocycles. The molecule has 2 heterocycles. The summed E-state index contributed by atoms with van der Waals surface area (Å²) in [6.07, 6.45) is 0.538. The zero-order valence-electron chi connectivity index (χ0n) is 15.6. The van der Waals surface area contributed by atoms with Gasteiger partial charge >= 0.3 is 0 Å². The van der Waals surface area contributed by atoms with E-state index in [0.717, 1.165) is 11.3 Å². The zero-order valence-corrected chi connectivity index (χ0v) is 15.6. The molecule has 0 radical (unpaired) electrons. The first-order valence-corrected chi connectivity index (χ1v) is 8.89. The molecule has 2 aliphatic rings. The van der Waals surface area contributed by atoms with Crippen LogP contribution in [-0.4, -0.2) is 44.0 Å². The van der Waals surface area contributed by atoms with E-state index in [9.17, 15) is 14.0 Å². The average Bonchev–Trinajstić information content (AvgIpc) is 3.21. The average molecular weight is 368 g/mol. The van der Waals surface area contributed by atoms with Crippen molar-refractivity contribution < 1.29 is 18.7 Å². The first-order valence-electron chi connectivity index (χ1n) is 8.89. The minimum atomic E-state index is -0.766. The van der Waals surface area contributed by atoms with Gasteiger partial charge < -0.3 is 14.5 Å². The number of fused-ring (bicyclic) bond motifs is 2.